The van der Waals surface area contributed by atoms with Gasteiger partial charge in [-0.1, -0.05) is 12.1 Å². The van der Waals surface area contributed by atoms with Crippen LogP contribution in [0.4, 0.5) is 0 Å². The standard InChI is InChI=1S/C15H17N3O3/c19-15(20)14-10-17(7-8-21-14)9-12-1-3-13(4-2-12)18-6-5-16-11-18/h1-6,11,14H,7-10H2,(H,19,20). The molecular formula is C15H17N3O3. The van der Waals surface area contributed by atoms with Gasteiger partial charge in [-0.2, -0.15) is 0 Å². The molecule has 1 aliphatic heterocycles. The number of benzene rings is 1. The minimum atomic E-state index is -0.893. The van der Waals surface area contributed by atoms with Crippen molar-refractivity contribution in [3.05, 3.63) is 48.5 Å². The van der Waals surface area contributed by atoms with Gasteiger partial charge >= 0.3 is 5.97 Å². The van der Waals surface area contributed by atoms with Crippen molar-refractivity contribution in [2.24, 2.45) is 0 Å². The Morgan fingerprint density at radius 1 is 1.38 bits per heavy atom. The number of hydrogen-bond donors (Lipinski definition) is 1. The van der Waals surface area contributed by atoms with Gasteiger partial charge in [0.15, 0.2) is 6.10 Å². The molecule has 0 saturated carbocycles. The van der Waals surface area contributed by atoms with Crippen LogP contribution in [-0.4, -0.2) is 51.3 Å². The molecule has 1 fully saturated rings. The van der Waals surface area contributed by atoms with E-state index in [4.69, 9.17) is 9.84 Å². The van der Waals surface area contributed by atoms with E-state index in [0.717, 1.165) is 24.3 Å². The van der Waals surface area contributed by atoms with Gasteiger partial charge in [-0.25, -0.2) is 9.78 Å². The molecule has 0 spiro atoms. The maximum absolute atomic E-state index is 11.0. The van der Waals surface area contributed by atoms with E-state index in [1.165, 1.54) is 0 Å². The van der Waals surface area contributed by atoms with Gasteiger partial charge in [-0.05, 0) is 17.7 Å². The minimum Gasteiger partial charge on any atom is -0.479 e. The highest BCUT2D eigenvalue weighted by molar-refractivity contribution is 5.72. The third-order valence-corrected chi connectivity index (χ3v) is 3.57. The zero-order chi connectivity index (χ0) is 14.7. The lowest BCUT2D eigenvalue weighted by Crippen LogP contribution is -2.45. The molecule has 1 N–H and O–H groups in total. The number of ether oxygens (including phenoxy) is 1. The third-order valence-electron chi connectivity index (χ3n) is 3.57. The number of carbonyl (C=O) groups is 1. The highest BCUT2D eigenvalue weighted by atomic mass is 16.5. The van der Waals surface area contributed by atoms with Crippen molar-refractivity contribution in [2.45, 2.75) is 12.6 Å². The van der Waals surface area contributed by atoms with E-state index in [2.05, 4.69) is 22.0 Å². The van der Waals surface area contributed by atoms with E-state index in [1.54, 1.807) is 12.5 Å². The molecule has 2 heterocycles. The summed E-state index contributed by atoms with van der Waals surface area (Å²) in [6, 6.07) is 8.18. The average Bonchev–Trinajstić information content (AvgIpc) is 3.02. The molecule has 1 aromatic carbocycles. The van der Waals surface area contributed by atoms with Crippen LogP contribution in [-0.2, 0) is 16.1 Å². The lowest BCUT2D eigenvalue weighted by molar-refractivity contribution is -0.156. The van der Waals surface area contributed by atoms with E-state index >= 15 is 0 Å². The summed E-state index contributed by atoms with van der Waals surface area (Å²) >= 11 is 0. The van der Waals surface area contributed by atoms with Crippen molar-refractivity contribution in [1.82, 2.24) is 14.5 Å². The van der Waals surface area contributed by atoms with Crippen LogP contribution in [0.25, 0.3) is 5.69 Å². The molecule has 3 rings (SSSR count). The first-order chi connectivity index (χ1) is 10.2. The molecule has 1 atom stereocenters. The molecule has 21 heavy (non-hydrogen) atoms. The van der Waals surface area contributed by atoms with E-state index in [9.17, 15) is 4.79 Å². The van der Waals surface area contributed by atoms with Crippen LogP contribution in [0.2, 0.25) is 0 Å². The molecule has 0 amide bonds. The second-order valence-electron chi connectivity index (χ2n) is 5.07. The molecule has 1 unspecified atom stereocenters. The van der Waals surface area contributed by atoms with Crippen molar-refractivity contribution < 1.29 is 14.6 Å². The fraction of sp³-hybridized carbons (Fsp3) is 0.333. The van der Waals surface area contributed by atoms with Crippen molar-refractivity contribution >= 4 is 5.97 Å². The SMILES string of the molecule is O=C(O)C1CN(Cc2ccc(-n3ccnc3)cc2)CCO1. The molecule has 6 heteroatoms. The van der Waals surface area contributed by atoms with Crippen LogP contribution in [0.5, 0.6) is 0 Å². The predicted octanol–water partition coefficient (Wildman–Crippen LogP) is 1.16. The fourth-order valence-electron chi connectivity index (χ4n) is 2.44. The summed E-state index contributed by atoms with van der Waals surface area (Å²) in [6.45, 7) is 2.38. The maximum Gasteiger partial charge on any atom is 0.334 e. The Morgan fingerprint density at radius 3 is 2.86 bits per heavy atom. The summed E-state index contributed by atoms with van der Waals surface area (Å²) in [5.41, 5.74) is 2.21. The topological polar surface area (TPSA) is 67.6 Å². The lowest BCUT2D eigenvalue weighted by Gasteiger charge is -2.30. The second kappa shape index (κ2) is 6.07. The van der Waals surface area contributed by atoms with Gasteiger partial charge in [-0.15, -0.1) is 0 Å². The number of morpholine rings is 1. The zero-order valence-electron chi connectivity index (χ0n) is 11.6. The molecule has 1 aliphatic rings. The Morgan fingerprint density at radius 2 is 2.19 bits per heavy atom. The number of imidazole rings is 1. The van der Waals surface area contributed by atoms with Crippen LogP contribution < -0.4 is 0 Å². The smallest absolute Gasteiger partial charge is 0.334 e. The van der Waals surface area contributed by atoms with Gasteiger partial charge in [-0.3, -0.25) is 4.90 Å². The first-order valence-corrected chi connectivity index (χ1v) is 6.86. The molecular weight excluding hydrogens is 270 g/mol. The molecule has 0 radical (unpaired) electrons. The van der Waals surface area contributed by atoms with E-state index < -0.39 is 12.1 Å². The summed E-state index contributed by atoms with van der Waals surface area (Å²) in [5, 5.41) is 9.00. The molecule has 1 aromatic heterocycles. The minimum absolute atomic E-state index is 0.429. The first-order valence-electron chi connectivity index (χ1n) is 6.86. The summed E-state index contributed by atoms with van der Waals surface area (Å²) in [7, 11) is 0. The second-order valence-corrected chi connectivity index (χ2v) is 5.07. The Bertz CT molecular complexity index is 595. The van der Waals surface area contributed by atoms with Crippen LogP contribution >= 0.6 is 0 Å². The van der Waals surface area contributed by atoms with Crippen molar-refractivity contribution in [3.8, 4) is 5.69 Å². The first kappa shape index (κ1) is 13.8. The lowest BCUT2D eigenvalue weighted by atomic mass is 10.1. The summed E-state index contributed by atoms with van der Waals surface area (Å²) in [5.74, 6) is -0.893. The average molecular weight is 287 g/mol. The molecule has 2 aromatic rings. The monoisotopic (exact) mass is 287 g/mol. The molecule has 110 valence electrons. The fourth-order valence-corrected chi connectivity index (χ4v) is 2.44. The van der Waals surface area contributed by atoms with Gasteiger partial charge < -0.3 is 14.4 Å². The van der Waals surface area contributed by atoms with Crippen LogP contribution in [0, 0.1) is 0 Å². The van der Waals surface area contributed by atoms with E-state index in [1.807, 2.05) is 22.9 Å². The van der Waals surface area contributed by atoms with Gasteiger partial charge in [0.25, 0.3) is 0 Å². The Hall–Kier alpha value is -2.18. The molecule has 0 bridgehead atoms. The van der Waals surface area contributed by atoms with Gasteiger partial charge in [0.1, 0.15) is 0 Å². The Labute approximate surface area is 122 Å². The van der Waals surface area contributed by atoms with E-state index in [-0.39, 0.29) is 0 Å². The molecule has 6 nitrogen and oxygen atoms in total. The third kappa shape index (κ3) is 3.29. The number of nitrogens with zero attached hydrogens (tertiary/aromatic N) is 3. The van der Waals surface area contributed by atoms with Crippen LogP contribution in [0.3, 0.4) is 0 Å². The number of aromatic nitrogens is 2. The Kier molecular flexibility index (Phi) is 3.98. The van der Waals surface area contributed by atoms with Crippen LogP contribution in [0.15, 0.2) is 43.0 Å². The van der Waals surface area contributed by atoms with Crippen LogP contribution in [0.1, 0.15) is 5.56 Å². The van der Waals surface area contributed by atoms with Gasteiger partial charge in [0, 0.05) is 37.7 Å². The highest BCUT2D eigenvalue weighted by Gasteiger charge is 2.25. The molecule has 0 aliphatic carbocycles. The largest absolute Gasteiger partial charge is 0.479 e. The molecule has 1 saturated heterocycles. The number of hydrogen-bond acceptors (Lipinski definition) is 4. The normalized spacial score (nSPS) is 19.5. The quantitative estimate of drug-likeness (QED) is 0.914. The van der Waals surface area contributed by atoms with Crippen molar-refractivity contribution in [3.63, 3.8) is 0 Å². The highest BCUT2D eigenvalue weighted by Crippen LogP contribution is 2.13. The maximum atomic E-state index is 11.0. The predicted molar refractivity (Wildman–Crippen MR) is 76.2 cm³/mol. The zero-order valence-corrected chi connectivity index (χ0v) is 11.6. The summed E-state index contributed by atoms with van der Waals surface area (Å²) in [4.78, 5) is 17.1. The number of rotatable bonds is 4. The van der Waals surface area contributed by atoms with E-state index in [0.29, 0.717) is 13.2 Å². The van der Waals surface area contributed by atoms with Crippen molar-refractivity contribution in [1.29, 1.82) is 0 Å². The summed E-state index contributed by atoms with van der Waals surface area (Å²) < 4.78 is 7.17. The number of aliphatic carboxylic acids is 1. The van der Waals surface area contributed by atoms with Crippen molar-refractivity contribution in [2.75, 3.05) is 19.7 Å². The van der Waals surface area contributed by atoms with Gasteiger partial charge in [0.2, 0.25) is 0 Å². The Balaban J connectivity index is 1.64. The van der Waals surface area contributed by atoms with Gasteiger partial charge in [0.05, 0.1) is 12.9 Å². The number of carboxylic acids is 1. The summed E-state index contributed by atoms with van der Waals surface area (Å²) in [6.07, 6.45) is 4.68. The number of carboxylic acid groups (broad SMARTS) is 1.